The highest BCUT2D eigenvalue weighted by molar-refractivity contribution is 5.85. The Hall–Kier alpha value is 0.250. The van der Waals surface area contributed by atoms with Gasteiger partial charge in [-0.2, -0.15) is 0 Å². The number of hydrogen-bond acceptors (Lipinski definition) is 1. The summed E-state index contributed by atoms with van der Waals surface area (Å²) in [4.78, 5) is 2.72. The van der Waals surface area contributed by atoms with Crippen LogP contribution in [0.3, 0.4) is 0 Å². The van der Waals surface area contributed by atoms with E-state index < -0.39 is 0 Å². The van der Waals surface area contributed by atoms with Gasteiger partial charge in [-0.25, -0.2) is 0 Å². The zero-order valence-corrected chi connectivity index (χ0v) is 33.0. The minimum Gasteiger partial charge on any atom is -0.304 e. The van der Waals surface area contributed by atoms with E-state index in [9.17, 15) is 0 Å². The van der Waals surface area contributed by atoms with Gasteiger partial charge in [0.05, 0.1) is 0 Å². The van der Waals surface area contributed by atoms with Gasteiger partial charge in [-0.15, -0.1) is 12.4 Å². The molecule has 0 rings (SSSR count). The zero-order valence-electron chi connectivity index (χ0n) is 32.1. The smallest absolute Gasteiger partial charge is 0.00189 e. The molecule has 0 unspecified atom stereocenters. The van der Waals surface area contributed by atoms with Gasteiger partial charge < -0.3 is 4.90 Å². The molecule has 0 atom stereocenters. The fourth-order valence-electron chi connectivity index (χ4n) is 7.08. The molecular weight excluding hydrogens is 566 g/mol. The van der Waals surface area contributed by atoms with Gasteiger partial charge in [-0.1, -0.05) is 245 Å². The van der Waals surface area contributed by atoms with E-state index in [1.807, 2.05) is 0 Å². The lowest BCUT2D eigenvalue weighted by molar-refractivity contribution is 0.273. The SMILES string of the molecule is CCCCCCCCCCCCCCCCCCCCCCN(CC)CCCCCCCCCCCCCCCCCCC.Cl. The van der Waals surface area contributed by atoms with E-state index in [2.05, 4.69) is 25.7 Å². The second-order valence-electron chi connectivity index (χ2n) is 14.8. The first-order valence-corrected chi connectivity index (χ1v) is 21.6. The number of unbranched alkanes of at least 4 members (excludes halogenated alkanes) is 35. The molecule has 0 aromatic rings. The molecule has 1 nitrogen and oxygen atoms in total. The van der Waals surface area contributed by atoms with E-state index >= 15 is 0 Å². The van der Waals surface area contributed by atoms with Crippen LogP contribution in [0.25, 0.3) is 0 Å². The maximum Gasteiger partial charge on any atom is -0.00189 e. The second-order valence-corrected chi connectivity index (χ2v) is 14.8. The Balaban J connectivity index is 0. The molecule has 274 valence electrons. The number of halogens is 1. The predicted octanol–water partition coefficient (Wildman–Crippen LogP) is 16.2. The van der Waals surface area contributed by atoms with Crippen LogP contribution in [-0.4, -0.2) is 24.5 Å². The monoisotopic (exact) mass is 656 g/mol. The summed E-state index contributed by atoms with van der Waals surface area (Å²) in [5.41, 5.74) is 0. The fraction of sp³-hybridized carbons (Fsp3) is 1.00. The Morgan fingerprint density at radius 3 is 0.533 bits per heavy atom. The van der Waals surface area contributed by atoms with Crippen LogP contribution < -0.4 is 0 Å². The van der Waals surface area contributed by atoms with Crippen molar-refractivity contribution < 1.29 is 0 Å². The van der Waals surface area contributed by atoms with Crippen molar-refractivity contribution in [2.24, 2.45) is 0 Å². The van der Waals surface area contributed by atoms with Gasteiger partial charge in [0.15, 0.2) is 0 Å². The summed E-state index contributed by atoms with van der Waals surface area (Å²) in [6.07, 6.45) is 54.4. The summed E-state index contributed by atoms with van der Waals surface area (Å²) in [5, 5.41) is 0. The lowest BCUT2D eigenvalue weighted by Gasteiger charge is -2.20. The van der Waals surface area contributed by atoms with Gasteiger partial charge in [0.1, 0.15) is 0 Å². The van der Waals surface area contributed by atoms with Crippen molar-refractivity contribution in [1.82, 2.24) is 4.90 Å². The van der Waals surface area contributed by atoms with Crippen LogP contribution in [0.5, 0.6) is 0 Å². The van der Waals surface area contributed by atoms with Crippen LogP contribution in [0.15, 0.2) is 0 Å². The van der Waals surface area contributed by atoms with E-state index in [0.717, 1.165) is 0 Å². The molecule has 2 heteroatoms. The van der Waals surface area contributed by atoms with E-state index in [1.165, 1.54) is 257 Å². The van der Waals surface area contributed by atoms with Gasteiger partial charge in [0.2, 0.25) is 0 Å². The third-order valence-corrected chi connectivity index (χ3v) is 10.4. The van der Waals surface area contributed by atoms with Crippen LogP contribution >= 0.6 is 12.4 Å². The summed E-state index contributed by atoms with van der Waals surface area (Å²) in [5.74, 6) is 0. The highest BCUT2D eigenvalue weighted by Crippen LogP contribution is 2.16. The lowest BCUT2D eigenvalue weighted by atomic mass is 10.0. The summed E-state index contributed by atoms with van der Waals surface area (Å²) < 4.78 is 0. The number of nitrogens with zero attached hydrogens (tertiary/aromatic N) is 1. The van der Waals surface area contributed by atoms with Gasteiger partial charge in [-0.05, 0) is 32.5 Å². The molecule has 0 bridgehead atoms. The van der Waals surface area contributed by atoms with E-state index in [-0.39, 0.29) is 12.4 Å². The highest BCUT2D eigenvalue weighted by atomic mass is 35.5. The van der Waals surface area contributed by atoms with Crippen molar-refractivity contribution in [3.05, 3.63) is 0 Å². The van der Waals surface area contributed by atoms with Crippen LogP contribution in [-0.2, 0) is 0 Å². The molecule has 0 N–H and O–H groups in total. The topological polar surface area (TPSA) is 3.24 Å². The Morgan fingerprint density at radius 1 is 0.222 bits per heavy atom. The van der Waals surface area contributed by atoms with Crippen molar-refractivity contribution in [3.63, 3.8) is 0 Å². The molecule has 0 aliphatic heterocycles. The number of rotatable bonds is 40. The normalized spacial score (nSPS) is 11.5. The molecule has 0 heterocycles. The summed E-state index contributed by atoms with van der Waals surface area (Å²) in [7, 11) is 0. The van der Waals surface area contributed by atoms with Crippen molar-refractivity contribution in [2.45, 2.75) is 258 Å². The van der Waals surface area contributed by atoms with E-state index in [1.54, 1.807) is 0 Å². The maximum atomic E-state index is 2.72. The largest absolute Gasteiger partial charge is 0.304 e. The van der Waals surface area contributed by atoms with Gasteiger partial charge in [-0.3, -0.25) is 0 Å². The molecule has 0 radical (unpaired) electrons. The predicted molar refractivity (Wildman–Crippen MR) is 212 cm³/mol. The minimum absolute atomic E-state index is 0. The Kier molecular flexibility index (Phi) is 46.6. The van der Waals surface area contributed by atoms with Crippen molar-refractivity contribution in [2.75, 3.05) is 19.6 Å². The Labute approximate surface area is 294 Å². The molecule has 0 aromatic carbocycles. The minimum atomic E-state index is 0. The van der Waals surface area contributed by atoms with E-state index in [4.69, 9.17) is 0 Å². The summed E-state index contributed by atoms with van der Waals surface area (Å²) in [6, 6.07) is 0. The molecule has 45 heavy (non-hydrogen) atoms. The molecule has 0 saturated carbocycles. The van der Waals surface area contributed by atoms with Crippen molar-refractivity contribution in [1.29, 1.82) is 0 Å². The molecule has 0 aliphatic rings. The highest BCUT2D eigenvalue weighted by Gasteiger charge is 2.02. The Morgan fingerprint density at radius 2 is 0.378 bits per heavy atom. The van der Waals surface area contributed by atoms with Crippen molar-refractivity contribution >= 4 is 12.4 Å². The van der Waals surface area contributed by atoms with Crippen molar-refractivity contribution in [3.8, 4) is 0 Å². The Bertz CT molecular complexity index is 480. The quantitative estimate of drug-likeness (QED) is 0.0594. The molecule has 0 amide bonds. The summed E-state index contributed by atoms with van der Waals surface area (Å²) >= 11 is 0. The van der Waals surface area contributed by atoms with Crippen LogP contribution in [0, 0.1) is 0 Å². The molecule has 0 aliphatic carbocycles. The average Bonchev–Trinajstić information content (AvgIpc) is 3.04. The third-order valence-electron chi connectivity index (χ3n) is 10.4. The van der Waals surface area contributed by atoms with Gasteiger partial charge in [0, 0.05) is 0 Å². The molecule has 0 aromatic heterocycles. The van der Waals surface area contributed by atoms with E-state index in [0.29, 0.717) is 0 Å². The molecule has 0 spiro atoms. The second kappa shape index (κ2) is 44.2. The zero-order chi connectivity index (χ0) is 31.9. The molecular formula is C43H90ClN. The average molecular weight is 657 g/mol. The first-order chi connectivity index (χ1) is 21.8. The lowest BCUT2D eigenvalue weighted by Crippen LogP contribution is -2.25. The summed E-state index contributed by atoms with van der Waals surface area (Å²) in [6.45, 7) is 10.9. The van der Waals surface area contributed by atoms with Gasteiger partial charge in [0.25, 0.3) is 0 Å². The third kappa shape index (κ3) is 42.2. The first kappa shape index (κ1) is 47.4. The van der Waals surface area contributed by atoms with Crippen LogP contribution in [0.1, 0.15) is 258 Å². The molecule has 0 fully saturated rings. The van der Waals surface area contributed by atoms with Gasteiger partial charge >= 0.3 is 0 Å². The maximum absolute atomic E-state index is 2.72. The standard InChI is InChI=1S/C43H89N.ClH/c1-4-7-9-11-13-15-17-19-21-23-24-25-27-29-31-33-35-37-39-41-43-44(6-3)42-40-38-36-34-32-30-28-26-22-20-18-16-14-12-10-8-5-2;/h4-43H2,1-3H3;1H. The first-order valence-electron chi connectivity index (χ1n) is 21.6. The van der Waals surface area contributed by atoms with Crippen LogP contribution in [0.2, 0.25) is 0 Å². The van der Waals surface area contributed by atoms with Crippen LogP contribution in [0.4, 0.5) is 0 Å². The fourth-order valence-corrected chi connectivity index (χ4v) is 7.08. The molecule has 0 saturated heterocycles. The number of hydrogen-bond donors (Lipinski definition) is 0.